The summed E-state index contributed by atoms with van der Waals surface area (Å²) in [6.45, 7) is 8.16. The Balaban J connectivity index is 2.27. The maximum atomic E-state index is 6.23. The molecule has 3 nitrogen and oxygen atoms in total. The monoisotopic (exact) mass is 263 g/mol. The highest BCUT2D eigenvalue weighted by Crippen LogP contribution is 2.41. The van der Waals surface area contributed by atoms with Crippen molar-refractivity contribution in [1.29, 1.82) is 0 Å². The third-order valence-electron chi connectivity index (χ3n) is 3.82. The Labute approximate surface area is 116 Å². The molecule has 2 unspecified atom stereocenters. The average Bonchev–Trinajstić information content (AvgIpc) is 2.38. The van der Waals surface area contributed by atoms with Crippen molar-refractivity contribution in [3.8, 4) is 5.75 Å². The summed E-state index contributed by atoms with van der Waals surface area (Å²) >= 11 is 0. The van der Waals surface area contributed by atoms with Crippen molar-refractivity contribution in [3.05, 3.63) is 29.3 Å². The van der Waals surface area contributed by atoms with E-state index in [0.29, 0.717) is 6.04 Å². The molecule has 2 atom stereocenters. The van der Waals surface area contributed by atoms with Crippen molar-refractivity contribution < 1.29 is 9.47 Å². The maximum absolute atomic E-state index is 6.23. The van der Waals surface area contributed by atoms with Crippen LogP contribution in [0.4, 0.5) is 0 Å². The van der Waals surface area contributed by atoms with Crippen LogP contribution in [-0.2, 0) is 4.74 Å². The molecule has 106 valence electrons. The molecule has 0 fully saturated rings. The number of methoxy groups -OCH3 is 1. The van der Waals surface area contributed by atoms with E-state index in [0.717, 1.165) is 31.7 Å². The van der Waals surface area contributed by atoms with Gasteiger partial charge in [-0.25, -0.2) is 0 Å². The molecule has 3 heteroatoms. The van der Waals surface area contributed by atoms with E-state index in [4.69, 9.17) is 9.47 Å². The molecule has 0 aliphatic carbocycles. The van der Waals surface area contributed by atoms with Gasteiger partial charge in [-0.15, -0.1) is 0 Å². The van der Waals surface area contributed by atoms with Crippen LogP contribution in [0.1, 0.15) is 43.9 Å². The lowest BCUT2D eigenvalue weighted by molar-refractivity contribution is 0.0172. The van der Waals surface area contributed by atoms with Crippen LogP contribution >= 0.6 is 0 Å². The molecule has 19 heavy (non-hydrogen) atoms. The van der Waals surface area contributed by atoms with Gasteiger partial charge in [0.15, 0.2) is 0 Å². The molecule has 1 aromatic carbocycles. The number of hydrogen-bond donors (Lipinski definition) is 1. The summed E-state index contributed by atoms with van der Waals surface area (Å²) in [5.74, 6) is 1.02. The second-order valence-corrected chi connectivity index (χ2v) is 5.65. The van der Waals surface area contributed by atoms with E-state index in [-0.39, 0.29) is 5.60 Å². The summed E-state index contributed by atoms with van der Waals surface area (Å²) in [5.41, 5.74) is 2.42. The summed E-state index contributed by atoms with van der Waals surface area (Å²) < 4.78 is 11.4. The lowest BCUT2D eigenvalue weighted by Crippen LogP contribution is -2.42. The van der Waals surface area contributed by atoms with Crippen LogP contribution in [0.2, 0.25) is 0 Å². The second-order valence-electron chi connectivity index (χ2n) is 5.65. The van der Waals surface area contributed by atoms with Crippen molar-refractivity contribution in [3.63, 3.8) is 0 Å². The molecule has 1 aliphatic rings. The fraction of sp³-hybridized carbons (Fsp3) is 0.625. The zero-order valence-electron chi connectivity index (χ0n) is 12.5. The predicted molar refractivity (Wildman–Crippen MR) is 77.7 cm³/mol. The standard InChI is InChI=1S/C16H25NO2/c1-5-17-14-11-16(3,8-9-18-4)19-15-7-6-12(2)10-13(14)15/h6-7,10,14,17H,5,8-9,11H2,1-4H3. The third-order valence-corrected chi connectivity index (χ3v) is 3.82. The Morgan fingerprint density at radius 2 is 2.26 bits per heavy atom. The molecule has 0 amide bonds. The van der Waals surface area contributed by atoms with E-state index >= 15 is 0 Å². The Morgan fingerprint density at radius 3 is 2.95 bits per heavy atom. The molecule has 1 aliphatic heterocycles. The third kappa shape index (κ3) is 3.28. The first kappa shape index (κ1) is 14.4. The van der Waals surface area contributed by atoms with E-state index < -0.39 is 0 Å². The topological polar surface area (TPSA) is 30.5 Å². The van der Waals surface area contributed by atoms with Crippen LogP contribution in [-0.4, -0.2) is 25.9 Å². The van der Waals surface area contributed by atoms with Gasteiger partial charge in [-0.1, -0.05) is 24.6 Å². The van der Waals surface area contributed by atoms with Crippen LogP contribution in [0.3, 0.4) is 0 Å². The number of fused-ring (bicyclic) bond motifs is 1. The Hall–Kier alpha value is -1.06. The molecule has 1 N–H and O–H groups in total. The van der Waals surface area contributed by atoms with E-state index in [1.165, 1.54) is 11.1 Å². The predicted octanol–water partition coefficient (Wildman–Crippen LogP) is 3.22. The Morgan fingerprint density at radius 1 is 1.47 bits per heavy atom. The van der Waals surface area contributed by atoms with Crippen LogP contribution in [0.25, 0.3) is 0 Å². The van der Waals surface area contributed by atoms with Gasteiger partial charge in [0.1, 0.15) is 11.4 Å². The molecule has 0 spiro atoms. The molecule has 0 saturated heterocycles. The lowest BCUT2D eigenvalue weighted by Gasteiger charge is -2.40. The van der Waals surface area contributed by atoms with Gasteiger partial charge in [0.2, 0.25) is 0 Å². The minimum absolute atomic E-state index is 0.148. The Kier molecular flexibility index (Phi) is 4.48. The van der Waals surface area contributed by atoms with Crippen molar-refractivity contribution in [2.45, 2.75) is 45.3 Å². The first-order chi connectivity index (χ1) is 9.08. The molecular formula is C16H25NO2. The zero-order valence-corrected chi connectivity index (χ0v) is 12.5. The number of ether oxygens (including phenoxy) is 2. The van der Waals surface area contributed by atoms with Crippen molar-refractivity contribution >= 4 is 0 Å². The van der Waals surface area contributed by atoms with Gasteiger partial charge in [-0.05, 0) is 26.5 Å². The molecule has 0 saturated carbocycles. The quantitative estimate of drug-likeness (QED) is 0.884. The Bertz CT molecular complexity index is 433. The van der Waals surface area contributed by atoms with E-state index in [9.17, 15) is 0 Å². The van der Waals surface area contributed by atoms with Crippen molar-refractivity contribution in [2.24, 2.45) is 0 Å². The first-order valence-electron chi connectivity index (χ1n) is 7.10. The average molecular weight is 263 g/mol. The number of nitrogens with one attached hydrogen (secondary N) is 1. The van der Waals surface area contributed by atoms with Crippen LogP contribution in [0, 0.1) is 6.92 Å². The van der Waals surface area contributed by atoms with Crippen LogP contribution in [0.5, 0.6) is 5.75 Å². The van der Waals surface area contributed by atoms with Gasteiger partial charge in [0, 0.05) is 38.2 Å². The summed E-state index contributed by atoms with van der Waals surface area (Å²) in [6.07, 6.45) is 1.90. The fourth-order valence-electron chi connectivity index (χ4n) is 2.78. The summed E-state index contributed by atoms with van der Waals surface area (Å²) in [7, 11) is 1.74. The largest absolute Gasteiger partial charge is 0.487 e. The molecule has 1 heterocycles. The second kappa shape index (κ2) is 5.93. The van der Waals surface area contributed by atoms with Gasteiger partial charge in [0.25, 0.3) is 0 Å². The maximum Gasteiger partial charge on any atom is 0.124 e. The minimum Gasteiger partial charge on any atom is -0.487 e. The molecular weight excluding hydrogens is 238 g/mol. The van der Waals surface area contributed by atoms with E-state index in [2.05, 4.69) is 44.3 Å². The highest BCUT2D eigenvalue weighted by molar-refractivity contribution is 5.41. The van der Waals surface area contributed by atoms with Gasteiger partial charge < -0.3 is 14.8 Å². The smallest absolute Gasteiger partial charge is 0.124 e. The minimum atomic E-state index is -0.148. The number of rotatable bonds is 5. The van der Waals surface area contributed by atoms with Crippen LogP contribution in [0.15, 0.2) is 18.2 Å². The van der Waals surface area contributed by atoms with Gasteiger partial charge >= 0.3 is 0 Å². The van der Waals surface area contributed by atoms with Crippen LogP contribution < -0.4 is 10.1 Å². The SMILES string of the molecule is CCNC1CC(C)(CCOC)Oc2ccc(C)cc21. The van der Waals surface area contributed by atoms with Gasteiger partial charge in [-0.3, -0.25) is 0 Å². The van der Waals surface area contributed by atoms with Gasteiger partial charge in [-0.2, -0.15) is 0 Å². The first-order valence-corrected chi connectivity index (χ1v) is 7.10. The van der Waals surface area contributed by atoms with Crippen molar-refractivity contribution in [2.75, 3.05) is 20.3 Å². The number of aryl methyl sites for hydroxylation is 1. The number of hydrogen-bond acceptors (Lipinski definition) is 3. The van der Waals surface area contributed by atoms with E-state index in [1.54, 1.807) is 7.11 Å². The summed E-state index contributed by atoms with van der Waals surface area (Å²) in [5, 5.41) is 3.58. The summed E-state index contributed by atoms with van der Waals surface area (Å²) in [6, 6.07) is 6.82. The molecule has 0 aromatic heterocycles. The lowest BCUT2D eigenvalue weighted by atomic mass is 9.86. The van der Waals surface area contributed by atoms with Gasteiger partial charge in [0.05, 0.1) is 0 Å². The molecule has 0 bridgehead atoms. The zero-order chi connectivity index (χ0) is 13.9. The number of benzene rings is 1. The molecule has 1 aromatic rings. The highest BCUT2D eigenvalue weighted by Gasteiger charge is 2.36. The highest BCUT2D eigenvalue weighted by atomic mass is 16.5. The molecule has 2 rings (SSSR count). The normalized spacial score (nSPS) is 25.8. The molecule has 0 radical (unpaired) electrons. The van der Waals surface area contributed by atoms with E-state index in [1.807, 2.05) is 0 Å². The fourth-order valence-corrected chi connectivity index (χ4v) is 2.78. The summed E-state index contributed by atoms with van der Waals surface area (Å²) in [4.78, 5) is 0. The van der Waals surface area contributed by atoms with Crippen molar-refractivity contribution in [1.82, 2.24) is 5.32 Å².